The predicted molar refractivity (Wildman–Crippen MR) is 72.9 cm³/mol. The minimum absolute atomic E-state index is 0.329. The molecule has 0 aromatic heterocycles. The highest BCUT2D eigenvalue weighted by molar-refractivity contribution is 5.34. The van der Waals surface area contributed by atoms with Crippen molar-refractivity contribution in [2.75, 3.05) is 20.3 Å². The highest BCUT2D eigenvalue weighted by atomic mass is 19.1. The molecule has 1 aliphatic carbocycles. The minimum atomic E-state index is -0.783. The Morgan fingerprint density at radius 1 is 1.50 bits per heavy atom. The molecule has 1 saturated carbocycles. The first kappa shape index (κ1) is 14.9. The van der Waals surface area contributed by atoms with Crippen molar-refractivity contribution in [2.45, 2.75) is 25.8 Å². The van der Waals surface area contributed by atoms with E-state index in [9.17, 15) is 14.5 Å². The molecule has 0 heterocycles. The summed E-state index contributed by atoms with van der Waals surface area (Å²) in [7, 11) is 1.70. The Labute approximate surface area is 117 Å². The molecule has 1 aromatic carbocycles. The zero-order valence-corrected chi connectivity index (χ0v) is 11.5. The highest BCUT2D eigenvalue weighted by Gasteiger charge is 2.41. The van der Waals surface area contributed by atoms with E-state index in [1.807, 2.05) is 0 Å². The average Bonchev–Trinajstić information content (AvgIpc) is 3.16. The number of hydrogen-bond donors (Lipinski definition) is 1. The quantitative estimate of drug-likeness (QED) is 0.588. The van der Waals surface area contributed by atoms with E-state index < -0.39 is 16.4 Å². The van der Waals surface area contributed by atoms with Crippen molar-refractivity contribution in [3.8, 4) is 0 Å². The summed E-state index contributed by atoms with van der Waals surface area (Å²) in [4.78, 5) is 9.81. The van der Waals surface area contributed by atoms with Crippen LogP contribution in [0.5, 0.6) is 0 Å². The van der Waals surface area contributed by atoms with E-state index in [4.69, 9.17) is 4.74 Å². The number of ether oxygens (including phenoxy) is 1. The van der Waals surface area contributed by atoms with Crippen LogP contribution in [0.3, 0.4) is 0 Å². The maximum absolute atomic E-state index is 13.5. The predicted octanol–water partition coefficient (Wildman–Crippen LogP) is 2.64. The Hall–Kier alpha value is -1.53. The lowest BCUT2D eigenvalue weighted by molar-refractivity contribution is -0.387. The molecular weight excluding hydrogens is 263 g/mol. The fraction of sp³-hybridized carbons (Fsp3) is 0.571. The molecule has 0 aliphatic heterocycles. The summed E-state index contributed by atoms with van der Waals surface area (Å²) in [5.74, 6) is -0.783. The van der Waals surface area contributed by atoms with Crippen molar-refractivity contribution in [1.82, 2.24) is 5.32 Å². The number of benzene rings is 1. The topological polar surface area (TPSA) is 64.4 Å². The van der Waals surface area contributed by atoms with Gasteiger partial charge in [-0.3, -0.25) is 10.1 Å². The van der Waals surface area contributed by atoms with E-state index in [0.29, 0.717) is 12.0 Å². The van der Waals surface area contributed by atoms with Crippen LogP contribution in [0.25, 0.3) is 0 Å². The van der Waals surface area contributed by atoms with E-state index in [1.165, 1.54) is 25.0 Å². The first-order valence-corrected chi connectivity index (χ1v) is 6.69. The van der Waals surface area contributed by atoms with Crippen molar-refractivity contribution in [1.29, 1.82) is 0 Å². The van der Waals surface area contributed by atoms with Crippen LogP contribution in [0.4, 0.5) is 10.1 Å². The van der Waals surface area contributed by atoms with Crippen LogP contribution in [0.2, 0.25) is 0 Å². The molecule has 2 rings (SSSR count). The number of nitrogens with one attached hydrogen (secondary N) is 1. The van der Waals surface area contributed by atoms with E-state index in [0.717, 1.165) is 25.1 Å². The molecule has 0 saturated heterocycles. The summed E-state index contributed by atoms with van der Waals surface area (Å²) in [6.07, 6.45) is 3.42. The molecule has 1 fully saturated rings. The van der Waals surface area contributed by atoms with E-state index in [2.05, 4.69) is 5.32 Å². The average molecular weight is 282 g/mol. The van der Waals surface area contributed by atoms with E-state index >= 15 is 0 Å². The Morgan fingerprint density at radius 3 is 2.80 bits per heavy atom. The van der Waals surface area contributed by atoms with Gasteiger partial charge in [0, 0.05) is 32.9 Å². The summed E-state index contributed by atoms with van der Waals surface area (Å²) >= 11 is 0. The number of nitrogens with zero attached hydrogens (tertiary/aromatic N) is 1. The van der Waals surface area contributed by atoms with Gasteiger partial charge in [-0.15, -0.1) is 0 Å². The van der Waals surface area contributed by atoms with Gasteiger partial charge in [-0.25, -0.2) is 0 Å². The monoisotopic (exact) mass is 282 g/mol. The number of rotatable bonds is 8. The zero-order valence-electron chi connectivity index (χ0n) is 11.5. The van der Waals surface area contributed by atoms with Crippen LogP contribution in [-0.4, -0.2) is 25.2 Å². The molecule has 5 nitrogen and oxygen atoms in total. The van der Waals surface area contributed by atoms with Crippen molar-refractivity contribution >= 4 is 5.69 Å². The minimum Gasteiger partial charge on any atom is -0.385 e. The van der Waals surface area contributed by atoms with Crippen molar-refractivity contribution < 1.29 is 14.1 Å². The van der Waals surface area contributed by atoms with Gasteiger partial charge < -0.3 is 10.1 Å². The lowest BCUT2D eigenvalue weighted by atomic mass is 10.0. The lowest BCUT2D eigenvalue weighted by Crippen LogP contribution is -2.24. The molecule has 0 unspecified atom stereocenters. The molecule has 0 bridgehead atoms. The zero-order chi connectivity index (χ0) is 14.6. The second kappa shape index (κ2) is 6.28. The second-order valence-electron chi connectivity index (χ2n) is 5.39. The van der Waals surface area contributed by atoms with Gasteiger partial charge in [0.15, 0.2) is 0 Å². The van der Waals surface area contributed by atoms with Crippen LogP contribution < -0.4 is 5.32 Å². The second-order valence-corrected chi connectivity index (χ2v) is 5.39. The summed E-state index contributed by atoms with van der Waals surface area (Å²) < 4.78 is 18.5. The number of methoxy groups -OCH3 is 1. The Bertz CT molecular complexity index is 489. The smallest absolute Gasteiger partial charge is 0.304 e. The molecule has 0 atom stereocenters. The van der Waals surface area contributed by atoms with E-state index in [1.54, 1.807) is 13.2 Å². The fourth-order valence-corrected chi connectivity index (χ4v) is 2.29. The Morgan fingerprint density at radius 2 is 2.25 bits per heavy atom. The molecule has 1 aromatic rings. The summed E-state index contributed by atoms with van der Waals surface area (Å²) in [6.45, 7) is 2.15. The number of nitro groups is 1. The molecule has 0 radical (unpaired) electrons. The fourth-order valence-electron chi connectivity index (χ4n) is 2.29. The third-order valence-corrected chi connectivity index (χ3v) is 3.83. The van der Waals surface area contributed by atoms with Crippen LogP contribution in [0, 0.1) is 21.3 Å². The molecule has 20 heavy (non-hydrogen) atoms. The van der Waals surface area contributed by atoms with Gasteiger partial charge in [0.2, 0.25) is 5.82 Å². The van der Waals surface area contributed by atoms with Gasteiger partial charge in [-0.2, -0.15) is 4.39 Å². The van der Waals surface area contributed by atoms with Gasteiger partial charge in [-0.05, 0) is 36.3 Å². The van der Waals surface area contributed by atoms with Gasteiger partial charge >= 0.3 is 5.69 Å². The molecule has 1 N–H and O–H groups in total. The van der Waals surface area contributed by atoms with Gasteiger partial charge in [0.05, 0.1) is 4.92 Å². The van der Waals surface area contributed by atoms with Gasteiger partial charge in [0.25, 0.3) is 0 Å². The maximum Gasteiger partial charge on any atom is 0.304 e. The van der Waals surface area contributed by atoms with Crippen LogP contribution in [-0.2, 0) is 11.3 Å². The number of halogens is 1. The SMILES string of the molecule is COCCC1(CNCc2ccc([N+](=O)[O-])c(F)c2)CC1. The summed E-state index contributed by atoms with van der Waals surface area (Å²) in [5.41, 5.74) is 0.568. The molecular formula is C14H19FN2O3. The first-order chi connectivity index (χ1) is 9.56. The van der Waals surface area contributed by atoms with Crippen LogP contribution in [0.1, 0.15) is 24.8 Å². The molecule has 110 valence electrons. The Kier molecular flexibility index (Phi) is 4.67. The first-order valence-electron chi connectivity index (χ1n) is 6.69. The maximum atomic E-state index is 13.5. The van der Waals surface area contributed by atoms with Crippen LogP contribution >= 0.6 is 0 Å². The van der Waals surface area contributed by atoms with Crippen molar-refractivity contribution in [3.63, 3.8) is 0 Å². The number of nitro benzene ring substituents is 1. The summed E-state index contributed by atoms with van der Waals surface area (Å²) in [5, 5.41) is 13.8. The number of hydrogen-bond acceptors (Lipinski definition) is 4. The van der Waals surface area contributed by atoms with Crippen molar-refractivity contribution in [3.05, 3.63) is 39.7 Å². The summed E-state index contributed by atoms with van der Waals surface area (Å²) in [6, 6.07) is 4.02. The van der Waals surface area contributed by atoms with Crippen LogP contribution in [0.15, 0.2) is 18.2 Å². The highest BCUT2D eigenvalue weighted by Crippen LogP contribution is 2.48. The van der Waals surface area contributed by atoms with Gasteiger partial charge in [-0.1, -0.05) is 6.07 Å². The standard InChI is InChI=1S/C14H19FN2O3/c1-20-7-6-14(4-5-14)10-16-9-11-2-3-13(17(18)19)12(15)8-11/h2-3,8,16H,4-7,9-10H2,1H3. The molecule has 1 aliphatic rings. The largest absolute Gasteiger partial charge is 0.385 e. The Balaban J connectivity index is 1.83. The lowest BCUT2D eigenvalue weighted by Gasteiger charge is -2.15. The normalized spacial score (nSPS) is 16.1. The molecule has 0 amide bonds. The van der Waals surface area contributed by atoms with E-state index in [-0.39, 0.29) is 0 Å². The molecule has 6 heteroatoms. The van der Waals surface area contributed by atoms with Crippen molar-refractivity contribution in [2.24, 2.45) is 5.41 Å². The third-order valence-electron chi connectivity index (χ3n) is 3.83. The molecule has 0 spiro atoms. The van der Waals surface area contributed by atoms with Gasteiger partial charge in [0.1, 0.15) is 0 Å². The third kappa shape index (κ3) is 3.74.